The minimum absolute atomic E-state index is 0. The molecule has 0 aliphatic carbocycles. The molecule has 0 heterocycles. The topological polar surface area (TPSA) is 14.1 Å². The number of rotatable bonds is 2. The molecule has 0 amide bonds. The molecule has 0 rings (SSSR count). The molecule has 0 aromatic heterocycles. The molecule has 0 fully saturated rings. The average molecular weight is 123 g/mol. The maximum atomic E-state index is 4.28. The third-order valence-electron chi connectivity index (χ3n) is 0.596. The summed E-state index contributed by atoms with van der Waals surface area (Å²) in [6.07, 6.45) is 0. The standard InChI is InChI=1S/C6H14N.Na/c1-5(2)7-6(3)4;/h5-6H,1-4H3;/q-1;+1. The van der Waals surface area contributed by atoms with Crippen LogP contribution in [0, 0.1) is 0 Å². The van der Waals surface area contributed by atoms with Crippen molar-refractivity contribution in [2.24, 2.45) is 0 Å². The van der Waals surface area contributed by atoms with Crippen LogP contribution in [0.5, 0.6) is 0 Å². The van der Waals surface area contributed by atoms with E-state index in [2.05, 4.69) is 33.0 Å². The molecule has 8 heavy (non-hydrogen) atoms. The van der Waals surface area contributed by atoms with Gasteiger partial charge in [0.1, 0.15) is 0 Å². The zero-order valence-electron chi connectivity index (χ0n) is 6.60. The van der Waals surface area contributed by atoms with Crippen molar-refractivity contribution in [3.05, 3.63) is 5.32 Å². The summed E-state index contributed by atoms with van der Waals surface area (Å²) in [5, 5.41) is 4.28. The molecule has 44 valence electrons. The van der Waals surface area contributed by atoms with Gasteiger partial charge in [0.2, 0.25) is 0 Å². The van der Waals surface area contributed by atoms with E-state index in [9.17, 15) is 0 Å². The van der Waals surface area contributed by atoms with Gasteiger partial charge < -0.3 is 5.32 Å². The zero-order chi connectivity index (χ0) is 5.86. The molecule has 0 aliphatic heterocycles. The van der Waals surface area contributed by atoms with Crippen LogP contribution < -0.4 is 29.6 Å². The van der Waals surface area contributed by atoms with Gasteiger partial charge in [0.15, 0.2) is 0 Å². The van der Waals surface area contributed by atoms with Crippen LogP contribution in [0.3, 0.4) is 0 Å². The van der Waals surface area contributed by atoms with Crippen molar-refractivity contribution in [1.82, 2.24) is 0 Å². The van der Waals surface area contributed by atoms with Crippen molar-refractivity contribution in [2.45, 2.75) is 39.8 Å². The monoisotopic (exact) mass is 123 g/mol. The van der Waals surface area contributed by atoms with Gasteiger partial charge in [0, 0.05) is 0 Å². The molecule has 0 unspecified atom stereocenters. The van der Waals surface area contributed by atoms with Crippen LogP contribution >= 0.6 is 0 Å². The Morgan fingerprint density at radius 3 is 1.12 bits per heavy atom. The Labute approximate surface area is 74.5 Å². The van der Waals surface area contributed by atoms with E-state index < -0.39 is 0 Å². The molecule has 0 atom stereocenters. The van der Waals surface area contributed by atoms with Crippen LogP contribution in [0.15, 0.2) is 0 Å². The van der Waals surface area contributed by atoms with Crippen molar-refractivity contribution >= 4 is 0 Å². The van der Waals surface area contributed by atoms with Gasteiger partial charge in [-0.05, 0) is 0 Å². The smallest absolute Gasteiger partial charge is 0.658 e. The predicted molar refractivity (Wildman–Crippen MR) is 33.6 cm³/mol. The molecular weight excluding hydrogens is 109 g/mol. The summed E-state index contributed by atoms with van der Waals surface area (Å²) in [5.41, 5.74) is 0. The quantitative estimate of drug-likeness (QED) is 0.426. The van der Waals surface area contributed by atoms with E-state index in [1.807, 2.05) is 0 Å². The van der Waals surface area contributed by atoms with Gasteiger partial charge in [-0.25, -0.2) is 0 Å². The van der Waals surface area contributed by atoms with Gasteiger partial charge in [0.05, 0.1) is 0 Å². The van der Waals surface area contributed by atoms with Crippen molar-refractivity contribution in [2.75, 3.05) is 0 Å². The summed E-state index contributed by atoms with van der Waals surface area (Å²) >= 11 is 0. The zero-order valence-corrected chi connectivity index (χ0v) is 8.60. The molecule has 0 aliphatic rings. The molecule has 0 N–H and O–H groups in total. The van der Waals surface area contributed by atoms with Crippen molar-refractivity contribution < 1.29 is 29.6 Å². The Morgan fingerprint density at radius 2 is 1.12 bits per heavy atom. The van der Waals surface area contributed by atoms with E-state index in [1.54, 1.807) is 0 Å². The van der Waals surface area contributed by atoms with E-state index in [0.717, 1.165) is 0 Å². The third-order valence-corrected chi connectivity index (χ3v) is 0.596. The van der Waals surface area contributed by atoms with E-state index in [0.29, 0.717) is 12.1 Å². The Morgan fingerprint density at radius 1 is 0.875 bits per heavy atom. The third kappa shape index (κ3) is 10.0. The van der Waals surface area contributed by atoms with Gasteiger partial charge in [-0.2, -0.15) is 0 Å². The van der Waals surface area contributed by atoms with Gasteiger partial charge in [-0.3, -0.25) is 0 Å². The van der Waals surface area contributed by atoms with Gasteiger partial charge in [-0.15, -0.1) is 12.1 Å². The molecule has 1 nitrogen and oxygen atoms in total. The van der Waals surface area contributed by atoms with Gasteiger partial charge in [0.25, 0.3) is 0 Å². The first kappa shape index (κ1) is 11.7. The predicted octanol–water partition coefficient (Wildman–Crippen LogP) is -0.819. The van der Waals surface area contributed by atoms with Crippen molar-refractivity contribution in [1.29, 1.82) is 0 Å². The van der Waals surface area contributed by atoms with Gasteiger partial charge >= 0.3 is 29.6 Å². The molecule has 0 aromatic carbocycles. The van der Waals surface area contributed by atoms with Crippen LogP contribution in [0.1, 0.15) is 27.7 Å². The average Bonchev–Trinajstić information content (AvgIpc) is 1.27. The Kier molecular flexibility index (Phi) is 8.92. The first-order valence-electron chi connectivity index (χ1n) is 2.83. The minimum Gasteiger partial charge on any atom is -0.658 e. The van der Waals surface area contributed by atoms with Crippen LogP contribution in [-0.2, 0) is 0 Å². The maximum absolute atomic E-state index is 4.28. The van der Waals surface area contributed by atoms with Crippen LogP contribution in [0.4, 0.5) is 0 Å². The second-order valence-electron chi connectivity index (χ2n) is 2.34. The van der Waals surface area contributed by atoms with E-state index in [4.69, 9.17) is 0 Å². The largest absolute Gasteiger partial charge is 1.00 e. The summed E-state index contributed by atoms with van der Waals surface area (Å²) in [5.74, 6) is 0. The summed E-state index contributed by atoms with van der Waals surface area (Å²) in [6.45, 7) is 8.39. The second-order valence-corrected chi connectivity index (χ2v) is 2.34. The molecule has 0 spiro atoms. The van der Waals surface area contributed by atoms with E-state index >= 15 is 0 Å². The Bertz CT molecular complexity index is 37.8. The normalized spacial score (nSPS) is 9.75. The molecule has 0 saturated carbocycles. The fraction of sp³-hybridized carbons (Fsp3) is 1.00. The van der Waals surface area contributed by atoms with Crippen molar-refractivity contribution in [3.8, 4) is 0 Å². The van der Waals surface area contributed by atoms with Crippen LogP contribution in [0.25, 0.3) is 5.32 Å². The number of nitrogens with zero attached hydrogens (tertiary/aromatic N) is 1. The number of hydrogen-bond donors (Lipinski definition) is 0. The minimum atomic E-state index is 0. The van der Waals surface area contributed by atoms with E-state index in [1.165, 1.54) is 0 Å². The fourth-order valence-electron chi connectivity index (χ4n) is 0.596. The summed E-state index contributed by atoms with van der Waals surface area (Å²) in [6, 6.07) is 1.000. The molecule has 0 aromatic rings. The molecule has 0 saturated heterocycles. The van der Waals surface area contributed by atoms with E-state index in [-0.39, 0.29) is 29.6 Å². The summed E-state index contributed by atoms with van der Waals surface area (Å²) in [4.78, 5) is 0. The fourth-order valence-corrected chi connectivity index (χ4v) is 0.596. The number of hydrogen-bond acceptors (Lipinski definition) is 0. The molecule has 0 bridgehead atoms. The summed E-state index contributed by atoms with van der Waals surface area (Å²) in [7, 11) is 0. The molecule has 2 heteroatoms. The van der Waals surface area contributed by atoms with Crippen LogP contribution in [0.2, 0.25) is 0 Å². The van der Waals surface area contributed by atoms with Crippen molar-refractivity contribution in [3.63, 3.8) is 0 Å². The maximum Gasteiger partial charge on any atom is 1.00 e. The Hall–Kier alpha value is 0.960. The Balaban J connectivity index is 0. The summed E-state index contributed by atoms with van der Waals surface area (Å²) < 4.78 is 0. The van der Waals surface area contributed by atoms with Crippen LogP contribution in [-0.4, -0.2) is 12.1 Å². The SMILES string of the molecule is CC(C)[N-]C(C)C.[Na+]. The second kappa shape index (κ2) is 6.09. The molecule has 0 radical (unpaired) electrons. The first-order chi connectivity index (χ1) is 3.13. The van der Waals surface area contributed by atoms with Gasteiger partial charge in [-0.1, -0.05) is 27.7 Å². The molecular formula is C6H14NNa. The first-order valence-corrected chi connectivity index (χ1v) is 2.83.